The Morgan fingerprint density at radius 3 is 2.91 bits per heavy atom. The van der Waals surface area contributed by atoms with Crippen LogP contribution in [-0.4, -0.2) is 6.54 Å². The molecule has 0 atom stereocenters. The number of hydrogen-bond donors (Lipinski definition) is 1. The normalized spacial score (nSPS) is 14.8. The summed E-state index contributed by atoms with van der Waals surface area (Å²) in [6.07, 6.45) is 4.23. The molecule has 0 bridgehead atoms. The van der Waals surface area contributed by atoms with Gasteiger partial charge in [0.15, 0.2) is 0 Å². The van der Waals surface area contributed by atoms with Crippen LogP contribution in [0.2, 0.25) is 0 Å². The van der Waals surface area contributed by atoms with E-state index in [1.54, 1.807) is 0 Å². The first-order valence-corrected chi connectivity index (χ1v) is 4.00. The lowest BCUT2D eigenvalue weighted by Crippen LogP contribution is -2.13. The zero-order valence-corrected chi connectivity index (χ0v) is 6.96. The average molecular weight is 163 g/mol. The third kappa shape index (κ3) is 1.14. The van der Waals surface area contributed by atoms with E-state index in [9.17, 15) is 0 Å². The van der Waals surface area contributed by atoms with Crippen LogP contribution < -0.4 is 4.31 Å². The molecule has 1 nitrogen and oxygen atoms in total. The second-order valence-electron chi connectivity index (χ2n) is 2.54. The van der Waals surface area contributed by atoms with E-state index in [0.29, 0.717) is 0 Å². The molecule has 1 aromatic rings. The largest absolute Gasteiger partial charge is 0.314 e. The minimum Gasteiger partial charge on any atom is -0.314 e. The maximum Gasteiger partial charge on any atom is 0.0543 e. The number of fused-ring (bicyclic) bond motifs is 1. The first-order valence-electron chi connectivity index (χ1n) is 3.60. The standard InChI is InChI=1S/C9H9NS/c11-10-7-3-5-8-4-1-2-6-9(8)10/h1-6,11H,7H2. The summed E-state index contributed by atoms with van der Waals surface area (Å²) >= 11 is 4.32. The van der Waals surface area contributed by atoms with Crippen molar-refractivity contribution in [3.63, 3.8) is 0 Å². The first kappa shape index (κ1) is 6.80. The fourth-order valence-electron chi connectivity index (χ4n) is 1.24. The summed E-state index contributed by atoms with van der Waals surface area (Å²) < 4.78 is 1.94. The summed E-state index contributed by atoms with van der Waals surface area (Å²) in [7, 11) is 0. The van der Waals surface area contributed by atoms with Gasteiger partial charge in [-0.2, -0.15) is 0 Å². The van der Waals surface area contributed by atoms with Crippen molar-refractivity contribution in [3.05, 3.63) is 35.9 Å². The maximum atomic E-state index is 4.32. The van der Waals surface area contributed by atoms with Gasteiger partial charge in [0, 0.05) is 6.54 Å². The van der Waals surface area contributed by atoms with Crippen molar-refractivity contribution >= 4 is 24.6 Å². The van der Waals surface area contributed by atoms with Gasteiger partial charge in [0.25, 0.3) is 0 Å². The topological polar surface area (TPSA) is 3.24 Å². The number of thiol groups is 1. The minimum atomic E-state index is 0.889. The van der Waals surface area contributed by atoms with Gasteiger partial charge in [-0.15, -0.1) is 0 Å². The third-order valence-corrected chi connectivity index (χ3v) is 2.17. The summed E-state index contributed by atoms with van der Waals surface area (Å²) in [5.74, 6) is 0. The van der Waals surface area contributed by atoms with E-state index in [1.807, 2.05) is 16.4 Å². The van der Waals surface area contributed by atoms with Crippen LogP contribution in [0.4, 0.5) is 5.69 Å². The van der Waals surface area contributed by atoms with Gasteiger partial charge < -0.3 is 4.31 Å². The van der Waals surface area contributed by atoms with E-state index in [2.05, 4.69) is 37.1 Å². The van der Waals surface area contributed by atoms with Crippen molar-refractivity contribution in [2.75, 3.05) is 10.8 Å². The highest BCUT2D eigenvalue weighted by molar-refractivity contribution is 7.81. The molecular weight excluding hydrogens is 154 g/mol. The molecule has 1 aliphatic heterocycles. The molecule has 0 aliphatic carbocycles. The van der Waals surface area contributed by atoms with Gasteiger partial charge in [-0.25, -0.2) is 0 Å². The molecule has 56 valence electrons. The van der Waals surface area contributed by atoms with Gasteiger partial charge in [0.05, 0.1) is 5.69 Å². The highest BCUT2D eigenvalue weighted by Crippen LogP contribution is 2.25. The summed E-state index contributed by atoms with van der Waals surface area (Å²) in [4.78, 5) is 0. The Morgan fingerprint density at radius 1 is 1.27 bits per heavy atom. The number of benzene rings is 1. The van der Waals surface area contributed by atoms with Crippen LogP contribution in [-0.2, 0) is 0 Å². The van der Waals surface area contributed by atoms with Crippen molar-refractivity contribution in [2.24, 2.45) is 0 Å². The average Bonchev–Trinajstić information content (AvgIpc) is 2.06. The zero-order valence-electron chi connectivity index (χ0n) is 6.07. The lowest BCUT2D eigenvalue weighted by molar-refractivity contribution is 1.20. The molecule has 1 aromatic carbocycles. The number of para-hydroxylation sites is 1. The van der Waals surface area contributed by atoms with Gasteiger partial charge >= 0.3 is 0 Å². The Labute approximate surface area is 71.9 Å². The van der Waals surface area contributed by atoms with Crippen molar-refractivity contribution in [3.8, 4) is 0 Å². The number of hydrogen-bond acceptors (Lipinski definition) is 2. The number of rotatable bonds is 0. The molecule has 1 heterocycles. The second-order valence-corrected chi connectivity index (χ2v) is 3.03. The fraction of sp³-hybridized carbons (Fsp3) is 0.111. The monoisotopic (exact) mass is 163 g/mol. The van der Waals surface area contributed by atoms with E-state index in [1.165, 1.54) is 11.3 Å². The third-order valence-electron chi connectivity index (χ3n) is 1.79. The lowest BCUT2D eigenvalue weighted by atomic mass is 10.1. The van der Waals surface area contributed by atoms with E-state index < -0.39 is 0 Å². The Morgan fingerprint density at radius 2 is 2.09 bits per heavy atom. The Hall–Kier alpha value is -0.890. The van der Waals surface area contributed by atoms with E-state index >= 15 is 0 Å². The van der Waals surface area contributed by atoms with Gasteiger partial charge in [0.2, 0.25) is 0 Å². The van der Waals surface area contributed by atoms with Crippen molar-refractivity contribution in [1.82, 2.24) is 0 Å². The maximum absolute atomic E-state index is 4.32. The molecule has 0 amide bonds. The van der Waals surface area contributed by atoms with Gasteiger partial charge in [-0.05, 0) is 11.6 Å². The predicted molar refractivity (Wildman–Crippen MR) is 51.8 cm³/mol. The molecule has 1 aliphatic rings. The van der Waals surface area contributed by atoms with Crippen LogP contribution in [0.15, 0.2) is 30.3 Å². The molecule has 0 aromatic heterocycles. The van der Waals surface area contributed by atoms with Crippen molar-refractivity contribution < 1.29 is 0 Å². The first-order chi connectivity index (χ1) is 5.38. The smallest absolute Gasteiger partial charge is 0.0543 e. The van der Waals surface area contributed by atoms with Gasteiger partial charge in [-0.3, -0.25) is 0 Å². The van der Waals surface area contributed by atoms with Crippen LogP contribution in [0.3, 0.4) is 0 Å². The quantitative estimate of drug-likeness (QED) is 0.575. The van der Waals surface area contributed by atoms with Gasteiger partial charge in [0.1, 0.15) is 0 Å². The Bertz CT molecular complexity index is 293. The Kier molecular flexibility index (Phi) is 1.62. The van der Waals surface area contributed by atoms with E-state index in [4.69, 9.17) is 0 Å². The molecule has 2 rings (SSSR count). The molecule has 11 heavy (non-hydrogen) atoms. The molecule has 0 saturated heterocycles. The molecule has 0 spiro atoms. The molecule has 0 unspecified atom stereocenters. The second kappa shape index (κ2) is 2.62. The Balaban J connectivity index is 2.54. The lowest BCUT2D eigenvalue weighted by Gasteiger charge is -2.21. The fourth-order valence-corrected chi connectivity index (χ4v) is 1.52. The van der Waals surface area contributed by atoms with Crippen molar-refractivity contribution in [1.29, 1.82) is 0 Å². The highest BCUT2D eigenvalue weighted by Gasteiger charge is 2.07. The van der Waals surface area contributed by atoms with Crippen LogP contribution in [0, 0.1) is 0 Å². The number of anilines is 1. The van der Waals surface area contributed by atoms with Crippen LogP contribution >= 0.6 is 12.8 Å². The predicted octanol–water partition coefficient (Wildman–Crippen LogP) is 2.36. The molecular formula is C9H9NS. The van der Waals surface area contributed by atoms with Crippen molar-refractivity contribution in [2.45, 2.75) is 0 Å². The molecule has 0 saturated carbocycles. The molecule has 2 heteroatoms. The number of nitrogens with zero attached hydrogens (tertiary/aromatic N) is 1. The molecule has 0 fully saturated rings. The summed E-state index contributed by atoms with van der Waals surface area (Å²) in [5, 5.41) is 0. The van der Waals surface area contributed by atoms with E-state index in [0.717, 1.165) is 6.54 Å². The summed E-state index contributed by atoms with van der Waals surface area (Å²) in [6, 6.07) is 8.23. The van der Waals surface area contributed by atoms with Crippen LogP contribution in [0.25, 0.3) is 6.08 Å². The summed E-state index contributed by atoms with van der Waals surface area (Å²) in [6.45, 7) is 0.889. The van der Waals surface area contributed by atoms with Gasteiger partial charge in [-0.1, -0.05) is 43.2 Å². The molecule has 0 radical (unpaired) electrons. The highest BCUT2D eigenvalue weighted by atomic mass is 32.1. The van der Waals surface area contributed by atoms with Crippen LogP contribution in [0.1, 0.15) is 5.56 Å². The SMILES string of the molecule is SN1CC=Cc2ccccc21. The zero-order chi connectivity index (χ0) is 7.68. The van der Waals surface area contributed by atoms with E-state index in [-0.39, 0.29) is 0 Å². The van der Waals surface area contributed by atoms with Crippen LogP contribution in [0.5, 0.6) is 0 Å². The minimum absolute atomic E-state index is 0.889. The summed E-state index contributed by atoms with van der Waals surface area (Å²) in [5.41, 5.74) is 2.44. The molecule has 0 N–H and O–H groups in total.